The fraction of sp³-hybridized carbons (Fsp3) is 0.382. The van der Waals surface area contributed by atoms with Crippen LogP contribution in [0.2, 0.25) is 0 Å². The maximum absolute atomic E-state index is 13.1. The van der Waals surface area contributed by atoms with Crippen molar-refractivity contribution in [3.8, 4) is 0 Å². The zero-order valence-electron chi connectivity index (χ0n) is 28.4. The highest BCUT2D eigenvalue weighted by Crippen LogP contribution is 2.56. The van der Waals surface area contributed by atoms with E-state index in [4.69, 9.17) is 4.84 Å². The van der Waals surface area contributed by atoms with Crippen molar-refractivity contribution in [2.45, 2.75) is 73.9 Å². The minimum absolute atomic E-state index is 0.000621. The first-order valence-electron chi connectivity index (χ1n) is 16.9. The highest BCUT2D eigenvalue weighted by Gasteiger charge is 2.57. The van der Waals surface area contributed by atoms with Crippen molar-refractivity contribution in [1.82, 2.24) is 14.9 Å². The molecular weight excluding hydrogens is 769 g/mol. The molecule has 0 bridgehead atoms. The molecule has 53 heavy (non-hydrogen) atoms. The molecule has 1 aromatic heterocycles. The second-order valence-corrected chi connectivity index (χ2v) is 18.0. The van der Waals surface area contributed by atoms with Gasteiger partial charge in [-0.05, 0) is 48.7 Å². The van der Waals surface area contributed by atoms with Crippen LogP contribution in [-0.2, 0) is 50.1 Å². The Morgan fingerprint density at radius 1 is 0.981 bits per heavy atom. The molecule has 15 nitrogen and oxygen atoms in total. The molecule has 0 aliphatic carbocycles. The fourth-order valence-corrected chi connectivity index (χ4v) is 11.4. The summed E-state index contributed by atoms with van der Waals surface area (Å²) in [6, 6.07) is 14.5. The van der Waals surface area contributed by atoms with Crippen LogP contribution in [0, 0.1) is 0 Å². The number of amides is 3. The third-order valence-electron chi connectivity index (χ3n) is 9.22. The number of rotatable bonds is 14. The molecule has 0 radical (unpaired) electrons. The number of fused-ring (bicyclic) bond motifs is 3. The normalized spacial score (nSPS) is 21.2. The standard InChI is InChI=1S/C34H36N4O11S4/c39-28(35-18-6-5-13-34(42)49-37-29(40)16-17-30(37)41)15-14-23(20-31-36(22-52(43,44)45)24-8-1-3-10-26(24)50-31)21-32-38(19-7-12-33(38)53(46,47)48)25-9-2-4-11-27(25)51-32/h1-4,8-11,20-21,33H,5-7,12-19,22H2,(H-2,35,39,43,44,45,46,47,48)/p+2/b23-20+,32-21-. The Hall–Kier alpha value is -3.98. The summed E-state index contributed by atoms with van der Waals surface area (Å²) in [4.78, 5) is 54.2. The molecule has 0 saturated carbocycles. The van der Waals surface area contributed by atoms with Gasteiger partial charge in [-0.2, -0.15) is 21.4 Å². The SMILES string of the molecule is O=C(CCC(/C=C1\Sc2ccccc2[N+]12CCCC2S(=O)(=O)O)=C\c1sc2ccccc2[n+]1CS(=O)(=O)O)NCCCCC(=O)ON1C(=O)CCC1=O. The van der Waals surface area contributed by atoms with Crippen molar-refractivity contribution in [2.75, 3.05) is 13.1 Å². The van der Waals surface area contributed by atoms with Gasteiger partial charge in [-0.1, -0.05) is 35.6 Å². The van der Waals surface area contributed by atoms with Gasteiger partial charge in [-0.3, -0.25) is 23.5 Å². The number of unbranched alkanes of at least 4 members (excludes halogenated alkanes) is 1. The molecule has 2 aromatic carbocycles. The van der Waals surface area contributed by atoms with E-state index in [0.717, 1.165) is 15.3 Å². The molecule has 2 fully saturated rings. The lowest BCUT2D eigenvalue weighted by Crippen LogP contribution is -2.52. The molecule has 2 unspecified atom stereocenters. The topological polar surface area (TPSA) is 205 Å². The molecule has 3 aliphatic heterocycles. The van der Waals surface area contributed by atoms with E-state index in [2.05, 4.69) is 5.32 Å². The lowest BCUT2D eigenvalue weighted by molar-refractivity contribution is -0.649. The maximum Gasteiger partial charge on any atom is 0.333 e. The number of benzene rings is 2. The van der Waals surface area contributed by atoms with Crippen molar-refractivity contribution in [2.24, 2.45) is 0 Å². The van der Waals surface area contributed by atoms with Crippen LogP contribution in [-0.4, -0.2) is 73.2 Å². The number of thiazole rings is 1. The summed E-state index contributed by atoms with van der Waals surface area (Å²) < 4.78 is 72.2. The third-order valence-corrected chi connectivity index (χ3v) is 13.4. The molecule has 1 spiro atoms. The van der Waals surface area contributed by atoms with Crippen LogP contribution < -0.4 is 14.4 Å². The average molecular weight is 807 g/mol. The molecule has 2 atom stereocenters. The van der Waals surface area contributed by atoms with Crippen molar-refractivity contribution >= 4 is 89.0 Å². The van der Waals surface area contributed by atoms with Gasteiger partial charge in [-0.25, -0.2) is 9.28 Å². The van der Waals surface area contributed by atoms with Crippen LogP contribution in [0.15, 0.2) is 70.1 Å². The van der Waals surface area contributed by atoms with Gasteiger partial charge in [-0.15, -0.1) is 5.06 Å². The second kappa shape index (κ2) is 15.8. The number of allylic oxidation sites excluding steroid dienone is 2. The number of para-hydroxylation sites is 2. The van der Waals surface area contributed by atoms with E-state index >= 15 is 0 Å². The van der Waals surface area contributed by atoms with Gasteiger partial charge in [0.25, 0.3) is 22.7 Å². The van der Waals surface area contributed by atoms with E-state index in [0.29, 0.717) is 52.0 Å². The average Bonchev–Trinajstić information content (AvgIpc) is 3.85. The number of nitrogens with zero attached hydrogens (tertiary/aromatic N) is 3. The van der Waals surface area contributed by atoms with Gasteiger partial charge in [0.15, 0.2) is 10.7 Å². The predicted octanol–water partition coefficient (Wildman–Crippen LogP) is 4.05. The zero-order chi connectivity index (χ0) is 38.0. The van der Waals surface area contributed by atoms with Crippen molar-refractivity contribution < 1.29 is 54.5 Å². The van der Waals surface area contributed by atoms with Gasteiger partial charge < -0.3 is 10.2 Å². The Morgan fingerprint density at radius 2 is 1.70 bits per heavy atom. The number of imide groups is 1. The van der Waals surface area contributed by atoms with E-state index < -0.39 is 49.3 Å². The van der Waals surface area contributed by atoms with Gasteiger partial charge in [0.2, 0.25) is 16.8 Å². The first-order valence-corrected chi connectivity index (χ1v) is 21.6. The number of carbonyl (C=O) groups is 4. The molecule has 3 aliphatic rings. The quantitative estimate of drug-likeness (QED) is 0.0694. The van der Waals surface area contributed by atoms with Gasteiger partial charge in [0.1, 0.15) is 4.70 Å². The molecule has 6 rings (SSSR count). The van der Waals surface area contributed by atoms with Gasteiger partial charge >= 0.3 is 26.2 Å². The van der Waals surface area contributed by atoms with Crippen molar-refractivity contribution in [1.29, 1.82) is 0 Å². The molecule has 19 heteroatoms. The minimum Gasteiger partial charge on any atom is -0.356 e. The summed E-state index contributed by atoms with van der Waals surface area (Å²) in [6.45, 7) is 0.650. The van der Waals surface area contributed by atoms with E-state index in [1.165, 1.54) is 27.7 Å². The van der Waals surface area contributed by atoms with Crippen LogP contribution in [0.5, 0.6) is 0 Å². The monoisotopic (exact) mass is 806 g/mol. The summed E-state index contributed by atoms with van der Waals surface area (Å²) in [5, 5.41) is 3.27. The number of thioether (sulfide) groups is 1. The lowest BCUT2D eigenvalue weighted by Gasteiger charge is -2.34. The molecule has 3 N–H and O–H groups in total. The van der Waals surface area contributed by atoms with E-state index in [1.807, 2.05) is 36.4 Å². The smallest absolute Gasteiger partial charge is 0.333 e. The highest BCUT2D eigenvalue weighted by atomic mass is 32.2. The Bertz CT molecular complexity index is 2240. The number of aromatic nitrogens is 1. The molecule has 4 heterocycles. The van der Waals surface area contributed by atoms with Crippen molar-refractivity contribution in [3.05, 3.63) is 70.2 Å². The zero-order valence-corrected chi connectivity index (χ0v) is 31.6. The largest absolute Gasteiger partial charge is 0.356 e. The Labute approximate surface area is 314 Å². The predicted molar refractivity (Wildman–Crippen MR) is 196 cm³/mol. The number of carbonyl (C=O) groups excluding carboxylic acids is 4. The number of nitrogens with one attached hydrogen (secondary N) is 1. The summed E-state index contributed by atoms with van der Waals surface area (Å²) in [5.41, 5.74) is 1.90. The Balaban J connectivity index is 1.24. The van der Waals surface area contributed by atoms with Crippen LogP contribution in [0.3, 0.4) is 0 Å². The first kappa shape index (κ1) is 38.7. The summed E-state index contributed by atoms with van der Waals surface area (Å²) in [7, 11) is -8.95. The van der Waals surface area contributed by atoms with E-state index in [9.17, 15) is 45.1 Å². The van der Waals surface area contributed by atoms with Crippen LogP contribution in [0.25, 0.3) is 16.3 Å². The summed E-state index contributed by atoms with van der Waals surface area (Å²) in [5.74, 6) is -2.87. The minimum atomic E-state index is -4.49. The maximum atomic E-state index is 13.1. The Kier molecular flexibility index (Phi) is 11.5. The highest BCUT2D eigenvalue weighted by molar-refractivity contribution is 8.03. The summed E-state index contributed by atoms with van der Waals surface area (Å²) >= 11 is 2.66. The van der Waals surface area contributed by atoms with Crippen LogP contribution in [0.4, 0.5) is 5.69 Å². The molecule has 3 amide bonds. The van der Waals surface area contributed by atoms with Gasteiger partial charge in [0, 0.05) is 69.4 Å². The van der Waals surface area contributed by atoms with Crippen LogP contribution in [0.1, 0.15) is 62.8 Å². The van der Waals surface area contributed by atoms with Gasteiger partial charge in [0.05, 0.1) is 11.4 Å². The van der Waals surface area contributed by atoms with Crippen LogP contribution >= 0.6 is 23.1 Å². The second-order valence-electron chi connectivity index (χ2n) is 12.9. The Morgan fingerprint density at radius 3 is 2.43 bits per heavy atom. The lowest BCUT2D eigenvalue weighted by atomic mass is 10.1. The molecule has 282 valence electrons. The first-order chi connectivity index (χ1) is 25.2. The van der Waals surface area contributed by atoms with Crippen molar-refractivity contribution in [3.63, 3.8) is 0 Å². The third kappa shape index (κ3) is 8.72. The number of hydrogen-bond donors (Lipinski definition) is 3. The molecule has 3 aromatic rings. The van der Waals surface area contributed by atoms with E-state index in [1.54, 1.807) is 24.3 Å². The number of hydroxylamine groups is 2. The van der Waals surface area contributed by atoms with E-state index in [-0.39, 0.29) is 55.5 Å². The number of quaternary nitrogens is 1. The number of hydrogen-bond acceptors (Lipinski definition) is 11. The molecular formula is C34H38N4O11S4+2. The molecule has 2 saturated heterocycles. The summed E-state index contributed by atoms with van der Waals surface area (Å²) in [6.07, 6.45) is 5.16. The fourth-order valence-electron chi connectivity index (χ4n) is 6.85.